The lowest BCUT2D eigenvalue weighted by atomic mass is 10.1. The van der Waals surface area contributed by atoms with Crippen LogP contribution in [-0.2, 0) is 6.54 Å². The van der Waals surface area contributed by atoms with Crippen LogP contribution in [0, 0.1) is 6.92 Å². The molecule has 0 fully saturated rings. The Labute approximate surface area is 165 Å². The van der Waals surface area contributed by atoms with Crippen molar-refractivity contribution in [2.45, 2.75) is 13.5 Å². The molecule has 6 nitrogen and oxygen atoms in total. The number of aryl methyl sites for hydroxylation is 1. The molecule has 142 valence electrons. The minimum atomic E-state index is -0.364. The number of aromatic hydroxyl groups is 1. The van der Waals surface area contributed by atoms with Gasteiger partial charge in [0, 0.05) is 17.3 Å². The van der Waals surface area contributed by atoms with Gasteiger partial charge in [-0.15, -0.1) is 0 Å². The normalized spacial score (nSPS) is 11.1. The number of rotatable bonds is 4. The minimum Gasteiger partial charge on any atom is -0.506 e. The number of hydrogen-bond donors (Lipinski definition) is 1. The van der Waals surface area contributed by atoms with Crippen LogP contribution in [0.1, 0.15) is 11.5 Å². The van der Waals surface area contributed by atoms with Crippen LogP contribution >= 0.6 is 11.6 Å². The highest BCUT2D eigenvalue weighted by molar-refractivity contribution is 6.31. The number of aromatic nitrogens is 2. The molecule has 0 amide bonds. The molecule has 0 radical (unpaired) electrons. The molecule has 0 saturated heterocycles. The first-order valence-corrected chi connectivity index (χ1v) is 8.96. The van der Waals surface area contributed by atoms with Crippen LogP contribution in [0.5, 0.6) is 11.5 Å². The summed E-state index contributed by atoms with van der Waals surface area (Å²) in [7, 11) is 1.60. The zero-order valence-corrected chi connectivity index (χ0v) is 16.0. The van der Waals surface area contributed by atoms with Gasteiger partial charge < -0.3 is 18.8 Å². The van der Waals surface area contributed by atoms with Gasteiger partial charge in [-0.05, 0) is 35.9 Å². The quantitative estimate of drug-likeness (QED) is 0.553. The van der Waals surface area contributed by atoms with Gasteiger partial charge in [-0.3, -0.25) is 4.79 Å². The molecular formula is C21H17ClN2O4. The first-order valence-electron chi connectivity index (χ1n) is 8.58. The van der Waals surface area contributed by atoms with Crippen LogP contribution in [0.4, 0.5) is 0 Å². The first kappa shape index (κ1) is 18.1. The lowest BCUT2D eigenvalue weighted by Gasteiger charge is -2.15. The van der Waals surface area contributed by atoms with Gasteiger partial charge in [-0.1, -0.05) is 23.7 Å². The minimum absolute atomic E-state index is 0.0835. The van der Waals surface area contributed by atoms with Crippen molar-refractivity contribution in [3.05, 3.63) is 75.6 Å². The maximum Gasteiger partial charge on any atom is 0.264 e. The van der Waals surface area contributed by atoms with E-state index in [-0.39, 0.29) is 22.6 Å². The van der Waals surface area contributed by atoms with Gasteiger partial charge in [-0.25, -0.2) is 4.98 Å². The van der Waals surface area contributed by atoms with E-state index < -0.39 is 0 Å². The van der Waals surface area contributed by atoms with Crippen molar-refractivity contribution in [1.29, 1.82) is 0 Å². The standard InChI is InChI=1S/C21H17ClN2O4/c1-12-23-17(11-28-12)19-20(25)16-9-14(22)5-8-18(16)24(21(19)26)10-13-3-6-15(27-2)7-4-13/h3-9,11,25H,10H2,1-2H3. The van der Waals surface area contributed by atoms with E-state index in [9.17, 15) is 9.90 Å². The van der Waals surface area contributed by atoms with E-state index >= 15 is 0 Å². The molecule has 0 unspecified atom stereocenters. The molecule has 2 aromatic carbocycles. The number of hydrogen-bond acceptors (Lipinski definition) is 5. The molecule has 4 rings (SSSR count). The largest absolute Gasteiger partial charge is 0.506 e. The second kappa shape index (κ2) is 7.05. The van der Waals surface area contributed by atoms with E-state index in [1.54, 1.807) is 36.8 Å². The highest BCUT2D eigenvalue weighted by atomic mass is 35.5. The summed E-state index contributed by atoms with van der Waals surface area (Å²) in [6, 6.07) is 12.5. The van der Waals surface area contributed by atoms with E-state index in [2.05, 4.69) is 4.98 Å². The number of nitrogens with zero attached hydrogens (tertiary/aromatic N) is 2. The molecule has 28 heavy (non-hydrogen) atoms. The maximum absolute atomic E-state index is 13.3. The van der Waals surface area contributed by atoms with Gasteiger partial charge in [0.05, 0.1) is 19.2 Å². The lowest BCUT2D eigenvalue weighted by molar-refractivity contribution is 0.414. The molecule has 2 aromatic heterocycles. The smallest absolute Gasteiger partial charge is 0.264 e. The predicted molar refractivity (Wildman–Crippen MR) is 107 cm³/mol. The summed E-state index contributed by atoms with van der Waals surface area (Å²) in [6.07, 6.45) is 1.36. The average Bonchev–Trinajstić information content (AvgIpc) is 3.12. The third-order valence-electron chi connectivity index (χ3n) is 4.58. The van der Waals surface area contributed by atoms with E-state index in [1.165, 1.54) is 6.26 Å². The molecule has 0 aliphatic rings. The van der Waals surface area contributed by atoms with Crippen LogP contribution in [-0.4, -0.2) is 21.8 Å². The Kier molecular flexibility index (Phi) is 4.57. The van der Waals surface area contributed by atoms with Gasteiger partial charge in [0.25, 0.3) is 5.56 Å². The number of fused-ring (bicyclic) bond motifs is 1. The SMILES string of the molecule is COc1ccc(Cn2c(=O)c(-c3coc(C)n3)c(O)c3cc(Cl)ccc32)cc1. The Hall–Kier alpha value is -3.25. The van der Waals surface area contributed by atoms with Crippen LogP contribution in [0.15, 0.2) is 57.9 Å². The van der Waals surface area contributed by atoms with Crippen molar-refractivity contribution < 1.29 is 14.3 Å². The molecule has 0 bridgehead atoms. The fraction of sp³-hybridized carbons (Fsp3) is 0.143. The zero-order chi connectivity index (χ0) is 19.8. The summed E-state index contributed by atoms with van der Waals surface area (Å²) in [5, 5.41) is 11.7. The molecule has 4 aromatic rings. The van der Waals surface area contributed by atoms with Crippen LogP contribution in [0.2, 0.25) is 5.02 Å². The molecule has 0 aliphatic heterocycles. The average molecular weight is 397 g/mol. The molecule has 0 spiro atoms. The Morgan fingerprint density at radius 1 is 1.21 bits per heavy atom. The maximum atomic E-state index is 13.3. The van der Waals surface area contributed by atoms with Crippen LogP contribution in [0.3, 0.4) is 0 Å². The lowest BCUT2D eigenvalue weighted by Crippen LogP contribution is -2.23. The van der Waals surface area contributed by atoms with Crippen molar-refractivity contribution in [2.75, 3.05) is 7.11 Å². The summed E-state index contributed by atoms with van der Waals surface area (Å²) in [6.45, 7) is 1.99. The summed E-state index contributed by atoms with van der Waals surface area (Å²) < 4.78 is 12.0. The summed E-state index contributed by atoms with van der Waals surface area (Å²) in [4.78, 5) is 17.5. The van der Waals surface area contributed by atoms with Gasteiger partial charge in [-0.2, -0.15) is 0 Å². The number of ether oxygens (including phenoxy) is 1. The van der Waals surface area contributed by atoms with Gasteiger partial charge >= 0.3 is 0 Å². The van der Waals surface area contributed by atoms with Gasteiger partial charge in [0.15, 0.2) is 5.89 Å². The van der Waals surface area contributed by atoms with Crippen molar-refractivity contribution >= 4 is 22.5 Å². The molecule has 0 atom stereocenters. The molecule has 2 heterocycles. The number of oxazole rings is 1. The number of benzene rings is 2. The predicted octanol–water partition coefficient (Wildman–Crippen LogP) is 4.38. The third kappa shape index (κ3) is 3.12. The molecule has 0 saturated carbocycles. The zero-order valence-electron chi connectivity index (χ0n) is 15.3. The summed E-state index contributed by atoms with van der Waals surface area (Å²) >= 11 is 6.13. The van der Waals surface area contributed by atoms with Crippen molar-refractivity contribution in [3.63, 3.8) is 0 Å². The van der Waals surface area contributed by atoms with E-state index in [4.69, 9.17) is 20.8 Å². The second-order valence-corrected chi connectivity index (χ2v) is 6.81. The molecular weight excluding hydrogens is 380 g/mol. The van der Waals surface area contributed by atoms with Crippen molar-refractivity contribution in [2.24, 2.45) is 0 Å². The van der Waals surface area contributed by atoms with Gasteiger partial charge in [0.2, 0.25) is 0 Å². The number of halogens is 1. The Morgan fingerprint density at radius 2 is 1.96 bits per heavy atom. The summed E-state index contributed by atoms with van der Waals surface area (Å²) in [5.74, 6) is 0.973. The Balaban J connectivity index is 1.96. The second-order valence-electron chi connectivity index (χ2n) is 6.38. The highest BCUT2D eigenvalue weighted by Gasteiger charge is 2.20. The summed E-state index contributed by atoms with van der Waals surface area (Å²) in [5.41, 5.74) is 1.49. The fourth-order valence-corrected chi connectivity index (χ4v) is 3.37. The van der Waals surface area contributed by atoms with Gasteiger partial charge in [0.1, 0.15) is 29.0 Å². The Bertz CT molecular complexity index is 1230. The highest BCUT2D eigenvalue weighted by Crippen LogP contribution is 2.34. The topological polar surface area (TPSA) is 77.5 Å². The van der Waals surface area contributed by atoms with Crippen LogP contribution < -0.4 is 10.3 Å². The Morgan fingerprint density at radius 3 is 2.61 bits per heavy atom. The number of pyridine rings is 1. The fourth-order valence-electron chi connectivity index (χ4n) is 3.19. The van der Waals surface area contributed by atoms with Crippen molar-refractivity contribution in [1.82, 2.24) is 9.55 Å². The van der Waals surface area contributed by atoms with E-state index in [0.717, 1.165) is 11.3 Å². The van der Waals surface area contributed by atoms with Crippen LogP contribution in [0.25, 0.3) is 22.2 Å². The molecule has 1 N–H and O–H groups in total. The van der Waals surface area contributed by atoms with Crippen molar-refractivity contribution in [3.8, 4) is 22.8 Å². The molecule has 7 heteroatoms. The van der Waals surface area contributed by atoms with E-state index in [0.29, 0.717) is 28.4 Å². The monoisotopic (exact) mass is 396 g/mol. The first-order chi connectivity index (χ1) is 13.5. The molecule has 0 aliphatic carbocycles. The van der Waals surface area contributed by atoms with E-state index in [1.807, 2.05) is 24.3 Å². The number of methoxy groups -OCH3 is 1. The third-order valence-corrected chi connectivity index (χ3v) is 4.81.